The molecule has 6 nitrogen and oxygen atoms in total. The lowest BCUT2D eigenvalue weighted by Gasteiger charge is -2.28. The van der Waals surface area contributed by atoms with E-state index in [1.165, 1.54) is 12.8 Å². The number of hydrogen-bond donors (Lipinski definition) is 2. The molecule has 0 radical (unpaired) electrons. The average Bonchev–Trinajstić information content (AvgIpc) is 3.46. The third kappa shape index (κ3) is 5.24. The molecular weight excluding hydrogens is 400 g/mol. The second-order valence-electron chi connectivity index (χ2n) is 8.61. The van der Waals surface area contributed by atoms with Gasteiger partial charge >= 0.3 is 6.03 Å². The number of rotatable bonds is 6. The van der Waals surface area contributed by atoms with Gasteiger partial charge in [0.05, 0.1) is 13.2 Å². The minimum atomic E-state index is -0.171. The van der Waals surface area contributed by atoms with Gasteiger partial charge in [0.15, 0.2) is 0 Å². The molecular formula is C23H29ClN4O2. The highest BCUT2D eigenvalue weighted by molar-refractivity contribution is 6.29. The fourth-order valence-corrected chi connectivity index (χ4v) is 3.92. The van der Waals surface area contributed by atoms with Crippen LogP contribution in [0, 0.1) is 12.3 Å². The molecule has 1 aliphatic heterocycles. The standard InChI is InChI=1S/C23H29ClN4O2/c1-16-3-4-18(26-22(29)25-8-7-23(2)5-6-23)15-19(16)17-13-20(24)27-21(14-17)28-9-11-30-12-10-28/h3-4,13-15H,5-12H2,1-2H3,(H2,25,26,29). The van der Waals surface area contributed by atoms with Crippen molar-refractivity contribution in [1.82, 2.24) is 10.3 Å². The van der Waals surface area contributed by atoms with E-state index in [1.807, 2.05) is 24.3 Å². The highest BCUT2D eigenvalue weighted by Gasteiger charge is 2.36. The Morgan fingerprint density at radius 2 is 2.00 bits per heavy atom. The number of aryl methyl sites for hydroxylation is 1. The summed E-state index contributed by atoms with van der Waals surface area (Å²) < 4.78 is 5.44. The Labute approximate surface area is 183 Å². The van der Waals surface area contributed by atoms with Crippen LogP contribution in [0.1, 0.15) is 31.7 Å². The van der Waals surface area contributed by atoms with Gasteiger partial charge in [0.2, 0.25) is 0 Å². The molecule has 2 N–H and O–H groups in total. The van der Waals surface area contributed by atoms with E-state index in [1.54, 1.807) is 0 Å². The first kappa shape index (κ1) is 20.9. The normalized spacial score (nSPS) is 17.5. The molecule has 160 valence electrons. The quantitative estimate of drug-likeness (QED) is 0.645. The van der Waals surface area contributed by atoms with Crippen LogP contribution in [0.15, 0.2) is 30.3 Å². The van der Waals surface area contributed by atoms with E-state index >= 15 is 0 Å². The lowest BCUT2D eigenvalue weighted by atomic mass is 10.0. The number of nitrogens with one attached hydrogen (secondary N) is 2. The smallest absolute Gasteiger partial charge is 0.319 e. The zero-order valence-corrected chi connectivity index (χ0v) is 18.4. The molecule has 1 aromatic carbocycles. The van der Waals surface area contributed by atoms with Gasteiger partial charge in [-0.25, -0.2) is 9.78 Å². The number of benzene rings is 1. The summed E-state index contributed by atoms with van der Waals surface area (Å²) >= 11 is 6.35. The summed E-state index contributed by atoms with van der Waals surface area (Å²) in [5.74, 6) is 0.852. The minimum Gasteiger partial charge on any atom is -0.378 e. The van der Waals surface area contributed by atoms with Gasteiger partial charge in [0, 0.05) is 25.3 Å². The predicted molar refractivity (Wildman–Crippen MR) is 121 cm³/mol. The van der Waals surface area contributed by atoms with E-state index < -0.39 is 0 Å². The summed E-state index contributed by atoms with van der Waals surface area (Å²) in [6.45, 7) is 8.00. The number of pyridine rings is 1. The van der Waals surface area contributed by atoms with E-state index in [0.29, 0.717) is 30.3 Å². The zero-order chi connectivity index (χ0) is 21.1. The van der Waals surface area contributed by atoms with Crippen LogP contribution < -0.4 is 15.5 Å². The van der Waals surface area contributed by atoms with E-state index in [-0.39, 0.29) is 6.03 Å². The summed E-state index contributed by atoms with van der Waals surface area (Å²) in [5.41, 5.74) is 4.31. The Balaban J connectivity index is 1.48. The van der Waals surface area contributed by atoms with Crippen molar-refractivity contribution in [1.29, 1.82) is 0 Å². The number of nitrogens with zero attached hydrogens (tertiary/aromatic N) is 2. The van der Waals surface area contributed by atoms with Gasteiger partial charge in [0.1, 0.15) is 11.0 Å². The fourth-order valence-electron chi connectivity index (χ4n) is 3.72. The molecule has 7 heteroatoms. The first-order valence-corrected chi connectivity index (χ1v) is 11.0. The number of amides is 2. The third-order valence-electron chi connectivity index (χ3n) is 6.04. The molecule has 2 fully saturated rings. The molecule has 1 saturated carbocycles. The van der Waals surface area contributed by atoms with Crippen molar-refractivity contribution in [3.8, 4) is 11.1 Å². The number of carbonyl (C=O) groups excluding carboxylic acids is 1. The predicted octanol–water partition coefficient (Wildman–Crippen LogP) is 4.86. The van der Waals surface area contributed by atoms with Crippen LogP contribution >= 0.6 is 11.6 Å². The number of aromatic nitrogens is 1. The average molecular weight is 429 g/mol. The van der Waals surface area contributed by atoms with Gasteiger partial charge in [-0.2, -0.15) is 0 Å². The number of anilines is 2. The molecule has 1 aliphatic carbocycles. The van der Waals surface area contributed by atoms with Crippen molar-refractivity contribution in [2.45, 2.75) is 33.1 Å². The van der Waals surface area contributed by atoms with Crippen LogP contribution in [0.4, 0.5) is 16.3 Å². The molecule has 1 saturated heterocycles. The van der Waals surface area contributed by atoms with Gasteiger partial charge in [-0.05, 0) is 72.6 Å². The first-order valence-electron chi connectivity index (χ1n) is 10.6. The van der Waals surface area contributed by atoms with Crippen LogP contribution in [-0.2, 0) is 4.74 Å². The summed E-state index contributed by atoms with van der Waals surface area (Å²) in [6.07, 6.45) is 3.55. The first-order chi connectivity index (χ1) is 14.4. The monoisotopic (exact) mass is 428 g/mol. The molecule has 30 heavy (non-hydrogen) atoms. The minimum absolute atomic E-state index is 0.171. The summed E-state index contributed by atoms with van der Waals surface area (Å²) in [7, 11) is 0. The molecule has 2 heterocycles. The Morgan fingerprint density at radius 3 is 2.73 bits per heavy atom. The second kappa shape index (κ2) is 8.82. The molecule has 2 amide bonds. The molecule has 0 spiro atoms. The summed E-state index contributed by atoms with van der Waals surface area (Å²) in [6, 6.07) is 9.68. The second-order valence-corrected chi connectivity index (χ2v) is 8.99. The Hall–Kier alpha value is -2.31. The van der Waals surface area contributed by atoms with Crippen molar-refractivity contribution in [3.63, 3.8) is 0 Å². The van der Waals surface area contributed by atoms with Gasteiger partial charge in [-0.1, -0.05) is 24.6 Å². The van der Waals surface area contributed by atoms with E-state index in [4.69, 9.17) is 16.3 Å². The van der Waals surface area contributed by atoms with Gasteiger partial charge in [-0.3, -0.25) is 0 Å². The lowest BCUT2D eigenvalue weighted by Crippen LogP contribution is -2.36. The van der Waals surface area contributed by atoms with Crippen molar-refractivity contribution in [3.05, 3.63) is 41.0 Å². The van der Waals surface area contributed by atoms with Crippen molar-refractivity contribution in [2.24, 2.45) is 5.41 Å². The van der Waals surface area contributed by atoms with Crippen LogP contribution in [0.25, 0.3) is 11.1 Å². The van der Waals surface area contributed by atoms with Crippen LogP contribution in [0.2, 0.25) is 5.15 Å². The number of morpholine rings is 1. The molecule has 0 bridgehead atoms. The molecule has 1 aromatic heterocycles. The highest BCUT2D eigenvalue weighted by Crippen LogP contribution is 2.47. The van der Waals surface area contributed by atoms with Gasteiger partial charge in [-0.15, -0.1) is 0 Å². The maximum absolute atomic E-state index is 12.3. The van der Waals surface area contributed by atoms with Crippen molar-refractivity contribution in [2.75, 3.05) is 43.1 Å². The number of urea groups is 1. The van der Waals surface area contributed by atoms with Crippen LogP contribution in [0.5, 0.6) is 0 Å². The highest BCUT2D eigenvalue weighted by atomic mass is 35.5. The zero-order valence-electron chi connectivity index (χ0n) is 17.6. The molecule has 2 aliphatic rings. The van der Waals surface area contributed by atoms with E-state index in [9.17, 15) is 4.79 Å². The van der Waals surface area contributed by atoms with Gasteiger partial charge in [0.25, 0.3) is 0 Å². The third-order valence-corrected chi connectivity index (χ3v) is 6.23. The Kier molecular flexibility index (Phi) is 6.16. The number of hydrogen-bond acceptors (Lipinski definition) is 4. The molecule has 0 atom stereocenters. The SMILES string of the molecule is Cc1ccc(NC(=O)NCCC2(C)CC2)cc1-c1cc(Cl)nc(N2CCOCC2)c1. The van der Waals surface area contributed by atoms with Crippen LogP contribution in [0.3, 0.4) is 0 Å². The number of carbonyl (C=O) groups is 1. The Morgan fingerprint density at radius 1 is 1.23 bits per heavy atom. The largest absolute Gasteiger partial charge is 0.378 e. The topological polar surface area (TPSA) is 66.5 Å². The van der Waals surface area contributed by atoms with Gasteiger partial charge < -0.3 is 20.3 Å². The molecule has 0 unspecified atom stereocenters. The molecule has 4 rings (SSSR count). The van der Waals surface area contributed by atoms with E-state index in [2.05, 4.69) is 40.4 Å². The van der Waals surface area contributed by atoms with Crippen molar-refractivity contribution < 1.29 is 9.53 Å². The lowest BCUT2D eigenvalue weighted by molar-refractivity contribution is 0.122. The maximum Gasteiger partial charge on any atom is 0.319 e. The molecule has 2 aromatic rings. The fraction of sp³-hybridized carbons (Fsp3) is 0.478. The maximum atomic E-state index is 12.3. The van der Waals surface area contributed by atoms with Crippen LogP contribution in [-0.4, -0.2) is 43.9 Å². The number of halogens is 1. The summed E-state index contributed by atoms with van der Waals surface area (Å²) in [5, 5.41) is 6.37. The number of ether oxygens (including phenoxy) is 1. The summed E-state index contributed by atoms with van der Waals surface area (Å²) in [4.78, 5) is 19.0. The Bertz CT molecular complexity index is 923. The van der Waals surface area contributed by atoms with Crippen molar-refractivity contribution >= 4 is 29.1 Å². The van der Waals surface area contributed by atoms with E-state index in [0.717, 1.165) is 47.7 Å².